The highest BCUT2D eigenvalue weighted by Crippen LogP contribution is 2.36. The maximum absolute atomic E-state index is 11.1. The van der Waals surface area contributed by atoms with Gasteiger partial charge in [-0.1, -0.05) is 6.92 Å². The molecule has 3 heterocycles. The lowest BCUT2D eigenvalue weighted by atomic mass is 9.75. The molecule has 0 aromatic carbocycles. The van der Waals surface area contributed by atoms with E-state index in [1.807, 2.05) is 6.92 Å². The van der Waals surface area contributed by atoms with Crippen LogP contribution in [-0.4, -0.2) is 46.3 Å². The van der Waals surface area contributed by atoms with Crippen LogP contribution in [0.2, 0.25) is 0 Å². The molecule has 2 bridgehead atoms. The number of aliphatic carboxylic acids is 1. The van der Waals surface area contributed by atoms with Gasteiger partial charge in [0.15, 0.2) is 0 Å². The normalized spacial score (nSPS) is 41.5. The molecule has 3 rings (SSSR count). The first-order chi connectivity index (χ1) is 7.15. The van der Waals surface area contributed by atoms with Crippen LogP contribution in [-0.2, 0) is 4.79 Å². The number of fused-ring (bicyclic) bond motifs is 3. The zero-order valence-electron chi connectivity index (χ0n) is 9.09. The first-order valence-electron chi connectivity index (χ1n) is 5.80. The Labute approximate surface area is 89.9 Å². The predicted octanol–water partition coefficient (Wildman–Crippen LogP) is 0.552. The van der Waals surface area contributed by atoms with Crippen LogP contribution in [0.5, 0.6) is 0 Å². The van der Waals surface area contributed by atoms with E-state index in [-0.39, 0.29) is 6.04 Å². The molecule has 3 saturated heterocycles. The van der Waals surface area contributed by atoms with Gasteiger partial charge in [-0.15, -0.1) is 0 Å². The molecule has 0 aliphatic carbocycles. The van der Waals surface area contributed by atoms with Crippen molar-refractivity contribution in [2.75, 3.05) is 13.1 Å². The van der Waals surface area contributed by atoms with E-state index >= 15 is 0 Å². The second-order valence-electron chi connectivity index (χ2n) is 4.71. The molecule has 3 fully saturated rings. The molecule has 15 heavy (non-hydrogen) atoms. The van der Waals surface area contributed by atoms with Gasteiger partial charge in [0, 0.05) is 6.04 Å². The second-order valence-corrected chi connectivity index (χ2v) is 4.71. The van der Waals surface area contributed by atoms with Gasteiger partial charge in [-0.05, 0) is 38.3 Å². The third-order valence-electron chi connectivity index (χ3n) is 4.00. The van der Waals surface area contributed by atoms with E-state index < -0.39 is 18.0 Å². The smallest absolute Gasteiger partial charge is 0.308 e. The third kappa shape index (κ3) is 1.76. The average Bonchev–Trinajstić information content (AvgIpc) is 2.23. The highest BCUT2D eigenvalue weighted by atomic mass is 16.4. The molecule has 86 valence electrons. The van der Waals surface area contributed by atoms with E-state index in [4.69, 9.17) is 5.11 Å². The number of hydrogen-bond acceptors (Lipinski definition) is 3. The number of aliphatic hydroxyl groups excluding tert-OH is 1. The monoisotopic (exact) mass is 213 g/mol. The Balaban J connectivity index is 2.16. The fourth-order valence-corrected chi connectivity index (χ4v) is 3.11. The first kappa shape index (κ1) is 10.9. The van der Waals surface area contributed by atoms with Gasteiger partial charge >= 0.3 is 5.97 Å². The molecule has 0 aromatic heterocycles. The summed E-state index contributed by atoms with van der Waals surface area (Å²) in [5.41, 5.74) is 0. The van der Waals surface area contributed by atoms with E-state index in [1.165, 1.54) is 0 Å². The van der Waals surface area contributed by atoms with Crippen molar-refractivity contribution in [2.45, 2.75) is 38.3 Å². The summed E-state index contributed by atoms with van der Waals surface area (Å²) < 4.78 is 0. The minimum absolute atomic E-state index is 0.153. The molecule has 4 heteroatoms. The topological polar surface area (TPSA) is 60.8 Å². The lowest BCUT2D eigenvalue weighted by Crippen LogP contribution is -2.61. The summed E-state index contributed by atoms with van der Waals surface area (Å²) in [4.78, 5) is 13.3. The van der Waals surface area contributed by atoms with Gasteiger partial charge in [0.1, 0.15) is 0 Å². The SMILES string of the molecule is CCC(C(=O)O)C1C(O)C2CCN1CC2. The number of rotatable bonds is 3. The molecular formula is C11H19NO3. The molecule has 3 unspecified atom stereocenters. The van der Waals surface area contributed by atoms with Crippen LogP contribution in [0.4, 0.5) is 0 Å². The van der Waals surface area contributed by atoms with Gasteiger partial charge in [-0.3, -0.25) is 9.69 Å². The van der Waals surface area contributed by atoms with Crippen LogP contribution in [0.3, 0.4) is 0 Å². The molecular weight excluding hydrogens is 194 g/mol. The Morgan fingerprint density at radius 2 is 2.07 bits per heavy atom. The van der Waals surface area contributed by atoms with Gasteiger partial charge in [-0.2, -0.15) is 0 Å². The fourth-order valence-electron chi connectivity index (χ4n) is 3.11. The van der Waals surface area contributed by atoms with Crippen molar-refractivity contribution in [1.29, 1.82) is 0 Å². The summed E-state index contributed by atoms with van der Waals surface area (Å²) in [5, 5.41) is 19.2. The zero-order valence-corrected chi connectivity index (χ0v) is 9.09. The lowest BCUT2D eigenvalue weighted by Gasteiger charge is -2.50. The first-order valence-corrected chi connectivity index (χ1v) is 5.80. The standard InChI is InChI=1S/C11H19NO3/c1-2-8(11(14)15)9-10(13)7-3-5-12(9)6-4-7/h7-10,13H,2-6H2,1H3,(H,14,15). The number of aliphatic hydroxyl groups is 1. The number of piperidine rings is 3. The molecule has 2 N–H and O–H groups in total. The number of carboxylic acid groups (broad SMARTS) is 1. The molecule has 3 aliphatic rings. The van der Waals surface area contributed by atoms with Crippen LogP contribution in [0.25, 0.3) is 0 Å². The molecule has 0 aromatic rings. The second kappa shape index (κ2) is 4.10. The van der Waals surface area contributed by atoms with E-state index in [1.54, 1.807) is 0 Å². The Bertz CT molecular complexity index is 246. The van der Waals surface area contributed by atoms with Crippen molar-refractivity contribution in [2.24, 2.45) is 11.8 Å². The number of carbonyl (C=O) groups is 1. The highest BCUT2D eigenvalue weighted by molar-refractivity contribution is 5.71. The summed E-state index contributed by atoms with van der Waals surface area (Å²) in [6.45, 7) is 3.79. The van der Waals surface area contributed by atoms with Crippen LogP contribution >= 0.6 is 0 Å². The van der Waals surface area contributed by atoms with Crippen LogP contribution < -0.4 is 0 Å². The van der Waals surface area contributed by atoms with Gasteiger partial charge < -0.3 is 10.2 Å². The zero-order chi connectivity index (χ0) is 11.0. The van der Waals surface area contributed by atoms with E-state index in [9.17, 15) is 9.90 Å². The van der Waals surface area contributed by atoms with Crippen molar-refractivity contribution >= 4 is 5.97 Å². The summed E-state index contributed by atoms with van der Waals surface area (Å²) in [6.07, 6.45) is 2.20. The summed E-state index contributed by atoms with van der Waals surface area (Å²) in [6, 6.07) is -0.153. The van der Waals surface area contributed by atoms with Crippen LogP contribution in [0.15, 0.2) is 0 Å². The van der Waals surface area contributed by atoms with Gasteiger partial charge in [0.05, 0.1) is 12.0 Å². The van der Waals surface area contributed by atoms with E-state index in [0.29, 0.717) is 12.3 Å². The molecule has 0 saturated carbocycles. The van der Waals surface area contributed by atoms with Crippen molar-refractivity contribution in [3.8, 4) is 0 Å². The van der Waals surface area contributed by atoms with Crippen LogP contribution in [0.1, 0.15) is 26.2 Å². The molecule has 4 nitrogen and oxygen atoms in total. The third-order valence-corrected chi connectivity index (χ3v) is 4.00. The van der Waals surface area contributed by atoms with Gasteiger partial charge in [-0.25, -0.2) is 0 Å². The number of hydrogen-bond donors (Lipinski definition) is 2. The Hall–Kier alpha value is -0.610. The predicted molar refractivity (Wildman–Crippen MR) is 55.5 cm³/mol. The quantitative estimate of drug-likeness (QED) is 0.719. The minimum atomic E-state index is -0.769. The molecule has 0 spiro atoms. The minimum Gasteiger partial charge on any atom is -0.481 e. The maximum Gasteiger partial charge on any atom is 0.308 e. The molecule has 3 atom stereocenters. The van der Waals surface area contributed by atoms with Crippen molar-refractivity contribution in [3.63, 3.8) is 0 Å². The van der Waals surface area contributed by atoms with Gasteiger partial charge in [0.2, 0.25) is 0 Å². The Kier molecular flexibility index (Phi) is 2.98. The Morgan fingerprint density at radius 3 is 2.47 bits per heavy atom. The fraction of sp³-hybridized carbons (Fsp3) is 0.909. The Morgan fingerprint density at radius 1 is 1.47 bits per heavy atom. The molecule has 0 radical (unpaired) electrons. The van der Waals surface area contributed by atoms with Crippen molar-refractivity contribution in [1.82, 2.24) is 4.90 Å². The maximum atomic E-state index is 11.1. The van der Waals surface area contributed by atoms with E-state index in [2.05, 4.69) is 4.90 Å². The summed E-state index contributed by atoms with van der Waals surface area (Å²) in [7, 11) is 0. The van der Waals surface area contributed by atoms with E-state index in [0.717, 1.165) is 25.9 Å². The summed E-state index contributed by atoms with van der Waals surface area (Å²) >= 11 is 0. The summed E-state index contributed by atoms with van der Waals surface area (Å²) in [5.74, 6) is -0.856. The molecule has 0 amide bonds. The average molecular weight is 213 g/mol. The van der Waals surface area contributed by atoms with Crippen molar-refractivity contribution < 1.29 is 15.0 Å². The number of nitrogens with zero attached hydrogens (tertiary/aromatic N) is 1. The highest BCUT2D eigenvalue weighted by Gasteiger charge is 2.46. The lowest BCUT2D eigenvalue weighted by molar-refractivity contribution is -0.154. The molecule has 3 aliphatic heterocycles. The van der Waals surface area contributed by atoms with Crippen molar-refractivity contribution in [3.05, 3.63) is 0 Å². The van der Waals surface area contributed by atoms with Gasteiger partial charge in [0.25, 0.3) is 0 Å². The van der Waals surface area contributed by atoms with Crippen LogP contribution in [0, 0.1) is 11.8 Å². The number of carboxylic acids is 1. The largest absolute Gasteiger partial charge is 0.481 e.